The number of fused-ring (bicyclic) bond motifs is 1. The fourth-order valence-corrected chi connectivity index (χ4v) is 4.08. The fourth-order valence-electron chi connectivity index (χ4n) is 4.08. The van der Waals surface area contributed by atoms with Crippen LogP contribution in [0.4, 0.5) is 4.39 Å². The molecule has 29 heavy (non-hydrogen) atoms. The second-order valence-corrected chi connectivity index (χ2v) is 7.89. The third kappa shape index (κ3) is 4.77. The van der Waals surface area contributed by atoms with E-state index >= 15 is 0 Å². The van der Waals surface area contributed by atoms with Gasteiger partial charge in [0.1, 0.15) is 30.0 Å². The lowest BCUT2D eigenvalue weighted by molar-refractivity contribution is 0.0561. The van der Waals surface area contributed by atoms with E-state index in [0.29, 0.717) is 29.6 Å². The standard InChI is InChI=1S/C23H27FN2O3/c1-26(18-5-3-2-4-6-18)14-19(27)15-28-20-10-7-16(8-11-20)23-21-12-9-17(24)13-22(21)29-25-23/h7-13,18-19,27H,2-6,14-15H2,1H3. The van der Waals surface area contributed by atoms with Gasteiger partial charge in [0.15, 0.2) is 5.58 Å². The Morgan fingerprint density at radius 3 is 2.69 bits per heavy atom. The third-order valence-corrected chi connectivity index (χ3v) is 5.70. The number of ether oxygens (including phenoxy) is 1. The molecule has 0 amide bonds. The summed E-state index contributed by atoms with van der Waals surface area (Å²) >= 11 is 0. The number of hydrogen-bond donors (Lipinski definition) is 1. The maximum absolute atomic E-state index is 13.3. The van der Waals surface area contributed by atoms with Crippen molar-refractivity contribution < 1.29 is 18.8 Å². The van der Waals surface area contributed by atoms with Gasteiger partial charge in [0.2, 0.25) is 0 Å². The molecule has 5 nitrogen and oxygen atoms in total. The van der Waals surface area contributed by atoms with Crippen molar-refractivity contribution >= 4 is 11.0 Å². The summed E-state index contributed by atoms with van der Waals surface area (Å²) in [5.74, 6) is 0.337. The van der Waals surface area contributed by atoms with Gasteiger partial charge in [0, 0.05) is 29.6 Å². The van der Waals surface area contributed by atoms with Crippen molar-refractivity contribution in [2.75, 3.05) is 20.2 Å². The Balaban J connectivity index is 1.33. The van der Waals surface area contributed by atoms with E-state index in [4.69, 9.17) is 9.26 Å². The van der Waals surface area contributed by atoms with Crippen LogP contribution in [0, 0.1) is 5.82 Å². The van der Waals surface area contributed by atoms with Crippen molar-refractivity contribution in [2.45, 2.75) is 44.2 Å². The van der Waals surface area contributed by atoms with Crippen LogP contribution in [0.25, 0.3) is 22.2 Å². The molecule has 1 aromatic heterocycles. The molecule has 1 saturated carbocycles. The van der Waals surface area contributed by atoms with E-state index in [-0.39, 0.29) is 12.4 Å². The maximum Gasteiger partial charge on any atom is 0.170 e. The number of halogens is 1. The number of aliphatic hydroxyl groups is 1. The molecule has 1 aliphatic rings. The molecule has 0 saturated heterocycles. The van der Waals surface area contributed by atoms with Crippen molar-refractivity contribution in [1.82, 2.24) is 10.1 Å². The molecule has 154 valence electrons. The van der Waals surface area contributed by atoms with E-state index in [1.807, 2.05) is 24.3 Å². The molecule has 1 unspecified atom stereocenters. The summed E-state index contributed by atoms with van der Waals surface area (Å²) in [4.78, 5) is 2.26. The van der Waals surface area contributed by atoms with E-state index < -0.39 is 6.10 Å². The lowest BCUT2D eigenvalue weighted by Crippen LogP contribution is -2.40. The van der Waals surface area contributed by atoms with E-state index in [1.165, 1.54) is 44.2 Å². The van der Waals surface area contributed by atoms with Crippen molar-refractivity contribution in [3.63, 3.8) is 0 Å². The maximum atomic E-state index is 13.3. The molecule has 3 aromatic rings. The number of likely N-dealkylation sites (N-methyl/N-ethyl adjacent to an activating group) is 1. The van der Waals surface area contributed by atoms with Gasteiger partial charge in [-0.15, -0.1) is 0 Å². The van der Waals surface area contributed by atoms with Gasteiger partial charge in [0.05, 0.1) is 0 Å². The van der Waals surface area contributed by atoms with Gasteiger partial charge in [-0.1, -0.05) is 24.4 Å². The minimum Gasteiger partial charge on any atom is -0.491 e. The molecule has 6 heteroatoms. The fraction of sp³-hybridized carbons (Fsp3) is 0.435. The van der Waals surface area contributed by atoms with Crippen molar-refractivity contribution in [3.8, 4) is 17.0 Å². The van der Waals surface area contributed by atoms with Gasteiger partial charge in [-0.05, 0) is 56.3 Å². The molecule has 0 bridgehead atoms. The number of hydrogen-bond acceptors (Lipinski definition) is 5. The van der Waals surface area contributed by atoms with Crippen LogP contribution in [0.2, 0.25) is 0 Å². The van der Waals surface area contributed by atoms with Gasteiger partial charge in [-0.3, -0.25) is 0 Å². The smallest absolute Gasteiger partial charge is 0.170 e. The average Bonchev–Trinajstić information content (AvgIpc) is 3.16. The lowest BCUT2D eigenvalue weighted by Gasteiger charge is -2.32. The zero-order valence-corrected chi connectivity index (χ0v) is 16.7. The second kappa shape index (κ2) is 8.93. The van der Waals surface area contributed by atoms with Crippen LogP contribution in [-0.4, -0.2) is 47.5 Å². The molecule has 2 aromatic carbocycles. The average molecular weight is 398 g/mol. The minimum absolute atomic E-state index is 0.253. The summed E-state index contributed by atoms with van der Waals surface area (Å²) in [5.41, 5.74) is 1.95. The number of aromatic nitrogens is 1. The second-order valence-electron chi connectivity index (χ2n) is 7.89. The normalized spacial score (nSPS) is 16.4. The van der Waals surface area contributed by atoms with Gasteiger partial charge >= 0.3 is 0 Å². The Labute approximate surface area is 170 Å². The van der Waals surface area contributed by atoms with E-state index in [0.717, 1.165) is 10.9 Å². The summed E-state index contributed by atoms with van der Waals surface area (Å²) in [6, 6.07) is 12.4. The molecule has 1 heterocycles. The zero-order valence-electron chi connectivity index (χ0n) is 16.7. The largest absolute Gasteiger partial charge is 0.491 e. The highest BCUT2D eigenvalue weighted by atomic mass is 19.1. The van der Waals surface area contributed by atoms with E-state index in [1.54, 1.807) is 6.07 Å². The monoisotopic (exact) mass is 398 g/mol. The molecule has 1 N–H and O–H groups in total. The molecule has 4 rings (SSSR count). The predicted octanol–water partition coefficient (Wildman–Crippen LogP) is 4.64. The summed E-state index contributed by atoms with van der Waals surface area (Å²) in [7, 11) is 2.09. The van der Waals surface area contributed by atoms with Crippen LogP contribution in [0.3, 0.4) is 0 Å². The number of rotatable bonds is 7. The highest BCUT2D eigenvalue weighted by molar-refractivity contribution is 5.91. The minimum atomic E-state index is -0.531. The van der Waals surface area contributed by atoms with Crippen LogP contribution in [0.5, 0.6) is 5.75 Å². The molecule has 0 spiro atoms. The molecular formula is C23H27FN2O3. The van der Waals surface area contributed by atoms with Crippen LogP contribution in [0.15, 0.2) is 47.0 Å². The Bertz CT molecular complexity index is 935. The van der Waals surface area contributed by atoms with Crippen molar-refractivity contribution in [2.24, 2.45) is 0 Å². The Morgan fingerprint density at radius 2 is 1.93 bits per heavy atom. The van der Waals surface area contributed by atoms with Crippen LogP contribution < -0.4 is 4.74 Å². The van der Waals surface area contributed by atoms with Gasteiger partial charge < -0.3 is 19.3 Å². The summed E-state index contributed by atoms with van der Waals surface area (Å²) in [6.45, 7) is 0.868. The highest BCUT2D eigenvalue weighted by Crippen LogP contribution is 2.29. The van der Waals surface area contributed by atoms with Gasteiger partial charge in [-0.25, -0.2) is 4.39 Å². The summed E-state index contributed by atoms with van der Waals surface area (Å²) < 4.78 is 24.3. The Morgan fingerprint density at radius 1 is 1.17 bits per heavy atom. The summed E-state index contributed by atoms with van der Waals surface area (Å²) in [5, 5.41) is 15.2. The van der Waals surface area contributed by atoms with Crippen LogP contribution in [0.1, 0.15) is 32.1 Å². The van der Waals surface area contributed by atoms with Crippen LogP contribution in [-0.2, 0) is 0 Å². The first kappa shape index (κ1) is 19.9. The molecule has 1 atom stereocenters. The zero-order chi connectivity index (χ0) is 20.2. The van der Waals surface area contributed by atoms with Crippen LogP contribution >= 0.6 is 0 Å². The Hall–Kier alpha value is -2.44. The van der Waals surface area contributed by atoms with Crippen molar-refractivity contribution in [3.05, 3.63) is 48.3 Å². The molecular weight excluding hydrogens is 371 g/mol. The predicted molar refractivity (Wildman–Crippen MR) is 110 cm³/mol. The quantitative estimate of drug-likeness (QED) is 0.628. The number of benzene rings is 2. The van der Waals surface area contributed by atoms with Gasteiger partial charge in [0.25, 0.3) is 0 Å². The van der Waals surface area contributed by atoms with E-state index in [2.05, 4.69) is 17.1 Å². The molecule has 0 aliphatic heterocycles. The summed E-state index contributed by atoms with van der Waals surface area (Å²) in [6.07, 6.45) is 5.79. The number of aliphatic hydroxyl groups excluding tert-OH is 1. The first-order valence-electron chi connectivity index (χ1n) is 10.3. The SMILES string of the molecule is CN(CC(O)COc1ccc(-c2noc3cc(F)ccc23)cc1)C1CCCCC1. The Kier molecular flexibility index (Phi) is 6.11. The third-order valence-electron chi connectivity index (χ3n) is 5.70. The first-order valence-corrected chi connectivity index (χ1v) is 10.3. The number of nitrogens with zero attached hydrogens (tertiary/aromatic N) is 2. The highest BCUT2D eigenvalue weighted by Gasteiger charge is 2.20. The van der Waals surface area contributed by atoms with E-state index in [9.17, 15) is 9.50 Å². The lowest BCUT2D eigenvalue weighted by atomic mass is 9.94. The molecule has 1 fully saturated rings. The first-order chi connectivity index (χ1) is 14.1. The topological polar surface area (TPSA) is 58.7 Å². The molecule has 0 radical (unpaired) electrons. The molecule has 1 aliphatic carbocycles. The van der Waals surface area contributed by atoms with Crippen molar-refractivity contribution in [1.29, 1.82) is 0 Å². The van der Waals surface area contributed by atoms with Gasteiger partial charge in [-0.2, -0.15) is 0 Å².